The van der Waals surface area contributed by atoms with Gasteiger partial charge in [-0.05, 0) is 30.2 Å². The van der Waals surface area contributed by atoms with E-state index in [1.807, 2.05) is 23.5 Å². The van der Waals surface area contributed by atoms with Crippen LogP contribution in [-0.2, 0) is 16.6 Å². The lowest BCUT2D eigenvalue weighted by Gasteiger charge is -2.21. The van der Waals surface area contributed by atoms with E-state index in [4.69, 9.17) is 0 Å². The van der Waals surface area contributed by atoms with Gasteiger partial charge in [0.25, 0.3) is 0 Å². The molecule has 118 valence electrons. The summed E-state index contributed by atoms with van der Waals surface area (Å²) in [5.41, 5.74) is 1.24. The van der Waals surface area contributed by atoms with E-state index in [-0.39, 0.29) is 11.5 Å². The van der Waals surface area contributed by atoms with Crippen molar-refractivity contribution in [2.24, 2.45) is 0 Å². The maximum absolute atomic E-state index is 12.5. The monoisotopic (exact) mass is 411 g/mol. The number of hydrogen-bond donors (Lipinski definition) is 2. The first kappa shape index (κ1) is 17.6. The van der Waals surface area contributed by atoms with E-state index in [2.05, 4.69) is 20.7 Å². The van der Waals surface area contributed by atoms with Gasteiger partial charge in [-0.3, -0.25) is 0 Å². The largest absolute Gasteiger partial charge is 0.392 e. The number of sulfonamides is 1. The number of hydrogen-bond acceptors (Lipinski definition) is 5. The molecule has 1 atom stereocenters. The number of rotatable bonds is 5. The quantitative estimate of drug-likeness (QED) is 0.778. The molecule has 1 saturated heterocycles. The zero-order valence-electron chi connectivity index (χ0n) is 11.6. The third-order valence-corrected chi connectivity index (χ3v) is 8.43. The first-order chi connectivity index (χ1) is 9.94. The number of aliphatic hydroxyl groups is 1. The predicted molar refractivity (Wildman–Crippen MR) is 93.6 cm³/mol. The Morgan fingerprint density at radius 3 is 2.81 bits per heavy atom. The smallest absolute Gasteiger partial charge is 0.240 e. The maximum atomic E-state index is 12.5. The summed E-state index contributed by atoms with van der Waals surface area (Å²) in [7, 11) is -3.56. The molecular weight excluding hydrogens is 394 g/mol. The molecule has 0 bridgehead atoms. The predicted octanol–water partition coefficient (Wildman–Crippen LogP) is 2.38. The highest BCUT2D eigenvalue weighted by atomic mass is 79.9. The summed E-state index contributed by atoms with van der Waals surface area (Å²) < 4.78 is 28.4. The molecule has 0 amide bonds. The average Bonchev–Trinajstić information content (AvgIpc) is 2.48. The van der Waals surface area contributed by atoms with Crippen molar-refractivity contribution in [2.75, 3.05) is 23.8 Å². The number of aliphatic hydroxyl groups excluding tert-OH is 1. The Balaban J connectivity index is 2.16. The highest BCUT2D eigenvalue weighted by Crippen LogP contribution is 2.27. The van der Waals surface area contributed by atoms with Gasteiger partial charge in [-0.1, -0.05) is 15.9 Å². The van der Waals surface area contributed by atoms with Gasteiger partial charge in [0.2, 0.25) is 10.0 Å². The Hall–Kier alpha value is 0.270. The van der Waals surface area contributed by atoms with Crippen molar-refractivity contribution < 1.29 is 13.5 Å². The summed E-state index contributed by atoms with van der Waals surface area (Å²) in [4.78, 5) is 0.231. The standard InChI is InChI=1S/C13H18BrNO3S3/c1-9-12(14)4-10(7-16)5-13(9)21(17,18)15-6-11-8-19-2-3-20-11/h4-5,11,15-16H,2-3,6-8H2,1H3. The van der Waals surface area contributed by atoms with Crippen molar-refractivity contribution in [3.63, 3.8) is 0 Å². The molecule has 4 nitrogen and oxygen atoms in total. The van der Waals surface area contributed by atoms with Gasteiger partial charge in [-0.2, -0.15) is 23.5 Å². The van der Waals surface area contributed by atoms with Crippen molar-refractivity contribution in [1.82, 2.24) is 4.72 Å². The fraction of sp³-hybridized carbons (Fsp3) is 0.538. The molecule has 1 fully saturated rings. The molecule has 1 aromatic rings. The number of benzene rings is 1. The van der Waals surface area contributed by atoms with Crippen molar-refractivity contribution in [2.45, 2.75) is 23.7 Å². The summed E-state index contributed by atoms with van der Waals surface area (Å²) in [6.07, 6.45) is 0. The zero-order chi connectivity index (χ0) is 15.5. The topological polar surface area (TPSA) is 66.4 Å². The highest BCUT2D eigenvalue weighted by molar-refractivity contribution is 9.10. The fourth-order valence-corrected chi connectivity index (χ4v) is 6.76. The summed E-state index contributed by atoms with van der Waals surface area (Å²) in [6.45, 7) is 2.02. The minimum absolute atomic E-state index is 0.184. The number of thioether (sulfide) groups is 2. The maximum Gasteiger partial charge on any atom is 0.240 e. The lowest BCUT2D eigenvalue weighted by atomic mass is 10.2. The Kier molecular flexibility index (Phi) is 6.46. The number of halogens is 1. The van der Waals surface area contributed by atoms with Crippen LogP contribution in [-0.4, -0.2) is 42.6 Å². The van der Waals surface area contributed by atoms with Crippen LogP contribution in [0.5, 0.6) is 0 Å². The summed E-state index contributed by atoms with van der Waals surface area (Å²) in [5.74, 6) is 3.19. The van der Waals surface area contributed by atoms with Crippen LogP contribution >= 0.6 is 39.5 Å². The van der Waals surface area contributed by atoms with E-state index in [1.54, 1.807) is 13.0 Å². The van der Waals surface area contributed by atoms with E-state index < -0.39 is 10.0 Å². The van der Waals surface area contributed by atoms with Gasteiger partial charge in [-0.25, -0.2) is 13.1 Å². The first-order valence-corrected chi connectivity index (χ1v) is 11.0. The average molecular weight is 412 g/mol. The molecule has 2 N–H and O–H groups in total. The summed E-state index contributed by atoms with van der Waals surface area (Å²) in [5, 5.41) is 9.56. The van der Waals surface area contributed by atoms with Gasteiger partial charge in [0, 0.05) is 33.5 Å². The van der Waals surface area contributed by atoms with Crippen LogP contribution in [0.3, 0.4) is 0 Å². The SMILES string of the molecule is Cc1c(Br)cc(CO)cc1S(=O)(=O)NCC1CSCCS1. The van der Waals surface area contributed by atoms with Gasteiger partial charge in [0.1, 0.15) is 0 Å². The van der Waals surface area contributed by atoms with Gasteiger partial charge in [0.05, 0.1) is 11.5 Å². The Bertz CT molecular complexity index is 601. The van der Waals surface area contributed by atoms with Crippen LogP contribution in [0.15, 0.2) is 21.5 Å². The van der Waals surface area contributed by atoms with Gasteiger partial charge in [0.15, 0.2) is 0 Å². The van der Waals surface area contributed by atoms with Crippen LogP contribution in [0.1, 0.15) is 11.1 Å². The van der Waals surface area contributed by atoms with E-state index >= 15 is 0 Å². The summed E-state index contributed by atoms with van der Waals surface area (Å²) in [6, 6.07) is 3.27. The molecule has 0 aromatic heterocycles. The molecule has 1 aliphatic heterocycles. The molecule has 0 aliphatic carbocycles. The molecule has 21 heavy (non-hydrogen) atoms. The molecule has 0 radical (unpaired) electrons. The van der Waals surface area contributed by atoms with Crippen LogP contribution in [0.2, 0.25) is 0 Å². The van der Waals surface area contributed by atoms with Crippen LogP contribution in [0.4, 0.5) is 0 Å². The Morgan fingerprint density at radius 1 is 1.43 bits per heavy atom. The highest BCUT2D eigenvalue weighted by Gasteiger charge is 2.22. The molecule has 8 heteroatoms. The molecular formula is C13H18BrNO3S3. The fourth-order valence-electron chi connectivity index (χ4n) is 2.01. The minimum Gasteiger partial charge on any atom is -0.392 e. The van der Waals surface area contributed by atoms with Gasteiger partial charge >= 0.3 is 0 Å². The second-order valence-corrected chi connectivity index (χ2v) is 9.93. The third-order valence-electron chi connectivity index (χ3n) is 3.21. The van der Waals surface area contributed by atoms with Crippen LogP contribution < -0.4 is 4.72 Å². The van der Waals surface area contributed by atoms with E-state index in [0.29, 0.717) is 27.4 Å². The molecule has 1 aromatic carbocycles. The molecule has 2 rings (SSSR count). The second-order valence-electron chi connectivity index (χ2n) is 4.78. The van der Waals surface area contributed by atoms with Crippen molar-refractivity contribution in [1.29, 1.82) is 0 Å². The van der Waals surface area contributed by atoms with E-state index in [9.17, 15) is 13.5 Å². The van der Waals surface area contributed by atoms with Crippen molar-refractivity contribution in [3.05, 3.63) is 27.7 Å². The molecule has 1 unspecified atom stereocenters. The lowest BCUT2D eigenvalue weighted by molar-refractivity contribution is 0.281. The first-order valence-electron chi connectivity index (χ1n) is 6.53. The Labute approximate surface area is 142 Å². The Morgan fingerprint density at radius 2 is 2.19 bits per heavy atom. The number of nitrogens with one attached hydrogen (secondary N) is 1. The molecule has 1 aliphatic rings. The van der Waals surface area contributed by atoms with Crippen LogP contribution in [0.25, 0.3) is 0 Å². The zero-order valence-corrected chi connectivity index (χ0v) is 15.7. The van der Waals surface area contributed by atoms with E-state index in [0.717, 1.165) is 17.3 Å². The third kappa shape index (κ3) is 4.62. The second kappa shape index (κ2) is 7.70. The molecule has 0 spiro atoms. The lowest BCUT2D eigenvalue weighted by Crippen LogP contribution is -2.33. The molecule has 1 heterocycles. The normalized spacial score (nSPS) is 19.7. The minimum atomic E-state index is -3.56. The van der Waals surface area contributed by atoms with Crippen molar-refractivity contribution in [3.8, 4) is 0 Å². The van der Waals surface area contributed by atoms with E-state index in [1.165, 1.54) is 6.07 Å². The van der Waals surface area contributed by atoms with Crippen molar-refractivity contribution >= 4 is 49.5 Å². The molecule has 0 saturated carbocycles. The van der Waals surface area contributed by atoms with Gasteiger partial charge in [-0.15, -0.1) is 0 Å². The van der Waals surface area contributed by atoms with Crippen LogP contribution in [0, 0.1) is 6.92 Å². The van der Waals surface area contributed by atoms with Gasteiger partial charge < -0.3 is 5.11 Å². The summed E-state index contributed by atoms with van der Waals surface area (Å²) >= 11 is 7.03.